The molecule has 0 aliphatic rings. The minimum Gasteiger partial charge on any atom is -0.488 e. The number of nitrogens with one attached hydrogen (secondary N) is 2. The van der Waals surface area contributed by atoms with Crippen LogP contribution in [0, 0.1) is 5.82 Å². The van der Waals surface area contributed by atoms with Crippen LogP contribution in [0.2, 0.25) is 0 Å². The Bertz CT molecular complexity index is 1520. The largest absolute Gasteiger partial charge is 0.488 e. The van der Waals surface area contributed by atoms with E-state index in [1.807, 2.05) is 13.8 Å². The highest BCUT2D eigenvalue weighted by Gasteiger charge is 2.21. The molecule has 0 spiro atoms. The smallest absolute Gasteiger partial charge is 0.272 e. The summed E-state index contributed by atoms with van der Waals surface area (Å²) in [7, 11) is 0. The molecular weight excluding hydrogens is 399 g/mol. The van der Waals surface area contributed by atoms with E-state index in [4.69, 9.17) is 10.5 Å². The molecule has 0 amide bonds. The quantitative estimate of drug-likeness (QED) is 0.380. The van der Waals surface area contributed by atoms with Crippen LogP contribution in [0.25, 0.3) is 44.0 Å². The maximum atomic E-state index is 14.3. The molecule has 0 radical (unpaired) electrons. The molecule has 3 aromatic heterocycles. The number of H-pyrrole nitrogens is 2. The van der Waals surface area contributed by atoms with Crippen LogP contribution < -0.4 is 16.0 Å². The molecule has 3 heterocycles. The normalized spacial score (nSPS) is 12.6. The first kappa shape index (κ1) is 19.0. The third-order valence-electron chi connectivity index (χ3n) is 5.47. The van der Waals surface area contributed by atoms with E-state index in [0.29, 0.717) is 44.2 Å². The molecule has 9 heteroatoms. The number of nitrogens with zero attached hydrogens (tertiary/aromatic N) is 3. The Morgan fingerprint density at radius 2 is 1.94 bits per heavy atom. The summed E-state index contributed by atoms with van der Waals surface area (Å²) >= 11 is 0. The molecule has 156 valence electrons. The van der Waals surface area contributed by atoms with Crippen molar-refractivity contribution in [3.63, 3.8) is 0 Å². The molecule has 31 heavy (non-hydrogen) atoms. The number of hydrogen-bond donors (Lipinski definition) is 3. The van der Waals surface area contributed by atoms with Gasteiger partial charge in [0.25, 0.3) is 5.56 Å². The highest BCUT2D eigenvalue weighted by molar-refractivity contribution is 6.14. The van der Waals surface area contributed by atoms with Gasteiger partial charge in [0, 0.05) is 28.7 Å². The molecule has 0 saturated carbocycles. The summed E-state index contributed by atoms with van der Waals surface area (Å²) in [5.74, 6) is 0.0873. The molecule has 5 aromatic rings. The molecule has 0 bridgehead atoms. The number of benzene rings is 2. The molecule has 0 saturated heterocycles. The van der Waals surface area contributed by atoms with Crippen molar-refractivity contribution in [2.24, 2.45) is 0 Å². The highest BCUT2D eigenvalue weighted by Crippen LogP contribution is 2.40. The zero-order chi connectivity index (χ0) is 21.7. The van der Waals surface area contributed by atoms with Crippen molar-refractivity contribution < 1.29 is 9.13 Å². The van der Waals surface area contributed by atoms with Crippen LogP contribution >= 0.6 is 0 Å². The number of hydrogen-bond acceptors (Lipinski definition) is 6. The summed E-state index contributed by atoms with van der Waals surface area (Å²) < 4.78 is 20.4. The van der Waals surface area contributed by atoms with Gasteiger partial charge in [-0.05, 0) is 31.0 Å². The van der Waals surface area contributed by atoms with E-state index in [1.165, 1.54) is 12.3 Å². The number of halogens is 1. The van der Waals surface area contributed by atoms with E-state index in [0.717, 1.165) is 6.42 Å². The number of rotatable bonds is 4. The van der Waals surface area contributed by atoms with Crippen molar-refractivity contribution in [2.75, 3.05) is 5.73 Å². The van der Waals surface area contributed by atoms with Crippen molar-refractivity contribution in [3.8, 4) is 16.9 Å². The predicted octanol–water partition coefficient (Wildman–Crippen LogP) is 3.91. The van der Waals surface area contributed by atoms with Crippen LogP contribution in [-0.4, -0.2) is 31.3 Å². The third kappa shape index (κ3) is 2.89. The molecule has 4 N–H and O–H groups in total. The Morgan fingerprint density at radius 1 is 1.16 bits per heavy atom. The van der Waals surface area contributed by atoms with E-state index < -0.39 is 11.4 Å². The Hall–Kier alpha value is -4.01. The summed E-state index contributed by atoms with van der Waals surface area (Å²) in [5.41, 5.74) is 8.59. The SMILES string of the molecule is CC[C@@H](C)Oc1cc2c(-c3ccc(F)c4[nH]ncc34)c(N)c(=O)[nH]c2c2nccnc12. The lowest BCUT2D eigenvalue weighted by Crippen LogP contribution is -2.15. The van der Waals surface area contributed by atoms with Crippen LogP contribution in [0.5, 0.6) is 5.75 Å². The van der Waals surface area contributed by atoms with E-state index >= 15 is 0 Å². The van der Waals surface area contributed by atoms with Crippen molar-refractivity contribution >= 4 is 38.5 Å². The molecule has 0 unspecified atom stereocenters. The first-order valence-electron chi connectivity index (χ1n) is 9.87. The molecular formula is C22H19FN6O2. The first-order valence-corrected chi connectivity index (χ1v) is 9.87. The second-order valence-electron chi connectivity index (χ2n) is 7.38. The maximum absolute atomic E-state index is 14.3. The van der Waals surface area contributed by atoms with Gasteiger partial charge in [-0.1, -0.05) is 13.0 Å². The number of aromatic amines is 2. The predicted molar refractivity (Wildman–Crippen MR) is 118 cm³/mol. The average molecular weight is 418 g/mol. The summed E-state index contributed by atoms with van der Waals surface area (Å²) in [5, 5.41) is 7.75. The number of nitrogen functional groups attached to an aromatic ring is 1. The number of ether oxygens (including phenoxy) is 1. The molecule has 5 rings (SSSR count). The second-order valence-corrected chi connectivity index (χ2v) is 7.38. The number of aromatic nitrogens is 5. The van der Waals surface area contributed by atoms with Gasteiger partial charge in [-0.3, -0.25) is 14.9 Å². The Labute approximate surface area is 175 Å². The van der Waals surface area contributed by atoms with Gasteiger partial charge in [-0.2, -0.15) is 5.10 Å². The van der Waals surface area contributed by atoms with E-state index in [1.54, 1.807) is 24.5 Å². The monoisotopic (exact) mass is 418 g/mol. The molecule has 0 aliphatic heterocycles. The molecule has 2 aromatic carbocycles. The van der Waals surface area contributed by atoms with Gasteiger partial charge in [0.15, 0.2) is 0 Å². The zero-order valence-electron chi connectivity index (χ0n) is 16.9. The topological polar surface area (TPSA) is 123 Å². The van der Waals surface area contributed by atoms with Gasteiger partial charge in [-0.25, -0.2) is 9.37 Å². The summed E-state index contributed by atoms with van der Waals surface area (Å²) in [6.45, 7) is 3.98. The standard InChI is InChI=1S/C22H19FN6O2/c1-3-10(2)31-15-8-12-16(11-4-5-14(23)18-13(11)9-27-29-18)17(24)22(30)28-19(12)21-20(15)25-6-7-26-21/h4-10H,3,24H2,1-2H3,(H,27,29)(H,28,30)/t10-/m1/s1. The van der Waals surface area contributed by atoms with Crippen LogP contribution in [-0.2, 0) is 0 Å². The lowest BCUT2D eigenvalue weighted by atomic mass is 9.96. The maximum Gasteiger partial charge on any atom is 0.272 e. The molecule has 0 fully saturated rings. The fraction of sp³-hybridized carbons (Fsp3) is 0.182. The number of pyridine rings is 1. The van der Waals surface area contributed by atoms with Crippen LogP contribution in [0.3, 0.4) is 0 Å². The van der Waals surface area contributed by atoms with Gasteiger partial charge in [0.2, 0.25) is 0 Å². The summed E-state index contributed by atoms with van der Waals surface area (Å²) in [6, 6.07) is 4.71. The van der Waals surface area contributed by atoms with Crippen LogP contribution in [0.15, 0.2) is 41.6 Å². The van der Waals surface area contributed by atoms with Crippen molar-refractivity contribution in [1.82, 2.24) is 25.1 Å². The van der Waals surface area contributed by atoms with Gasteiger partial charge < -0.3 is 15.5 Å². The van der Waals surface area contributed by atoms with Crippen molar-refractivity contribution in [3.05, 3.63) is 53.0 Å². The summed E-state index contributed by atoms with van der Waals surface area (Å²) in [4.78, 5) is 24.5. The third-order valence-corrected chi connectivity index (χ3v) is 5.47. The zero-order valence-corrected chi connectivity index (χ0v) is 16.9. The first-order chi connectivity index (χ1) is 15.0. The summed E-state index contributed by atoms with van der Waals surface area (Å²) in [6.07, 6.45) is 5.38. The van der Waals surface area contributed by atoms with Gasteiger partial charge in [0.1, 0.15) is 33.8 Å². The number of nitrogens with two attached hydrogens (primary N) is 1. The lowest BCUT2D eigenvalue weighted by Gasteiger charge is -2.17. The van der Waals surface area contributed by atoms with Crippen molar-refractivity contribution in [1.29, 1.82) is 0 Å². The van der Waals surface area contributed by atoms with Crippen molar-refractivity contribution in [2.45, 2.75) is 26.4 Å². The molecule has 8 nitrogen and oxygen atoms in total. The second kappa shape index (κ2) is 7.05. The number of anilines is 1. The van der Waals surface area contributed by atoms with Gasteiger partial charge in [0.05, 0.1) is 17.8 Å². The van der Waals surface area contributed by atoms with Crippen LogP contribution in [0.4, 0.5) is 10.1 Å². The minimum absolute atomic E-state index is 0.0133. The fourth-order valence-electron chi connectivity index (χ4n) is 3.76. The Balaban J connectivity index is 1.95. The van der Waals surface area contributed by atoms with E-state index in [9.17, 15) is 9.18 Å². The van der Waals surface area contributed by atoms with E-state index in [2.05, 4.69) is 25.1 Å². The van der Waals surface area contributed by atoms with Crippen LogP contribution in [0.1, 0.15) is 20.3 Å². The average Bonchev–Trinajstić information content (AvgIpc) is 3.27. The van der Waals surface area contributed by atoms with Gasteiger partial charge >= 0.3 is 0 Å². The lowest BCUT2D eigenvalue weighted by molar-refractivity contribution is 0.220. The number of fused-ring (bicyclic) bond motifs is 4. The Morgan fingerprint density at radius 3 is 2.71 bits per heavy atom. The Kier molecular flexibility index (Phi) is 4.32. The highest BCUT2D eigenvalue weighted by atomic mass is 19.1. The van der Waals surface area contributed by atoms with E-state index in [-0.39, 0.29) is 17.3 Å². The molecule has 1 atom stereocenters. The van der Waals surface area contributed by atoms with Gasteiger partial charge in [-0.15, -0.1) is 0 Å². The fourth-order valence-corrected chi connectivity index (χ4v) is 3.76. The molecule has 0 aliphatic carbocycles. The minimum atomic E-state index is -0.467.